The predicted octanol–water partition coefficient (Wildman–Crippen LogP) is 3.51. The highest BCUT2D eigenvalue weighted by Gasteiger charge is 2.25. The molecule has 0 saturated carbocycles. The fraction of sp³-hybridized carbons (Fsp3) is 0.375. The summed E-state index contributed by atoms with van der Waals surface area (Å²) < 4.78 is 9.50. The molecule has 1 aromatic carbocycles. The van der Waals surface area contributed by atoms with Crippen LogP contribution in [0.5, 0.6) is 5.75 Å². The number of amides is 1. The predicted molar refractivity (Wildman–Crippen MR) is 132 cm³/mol. The maximum Gasteiger partial charge on any atom is 0.271 e. The molecule has 9 nitrogen and oxygen atoms in total. The number of piperidine rings is 1. The first-order chi connectivity index (χ1) is 16.4. The number of aryl methyl sites for hydroxylation is 1. The maximum absolute atomic E-state index is 12.7. The third kappa shape index (κ3) is 5.88. The Bertz CT molecular complexity index is 1180. The first-order valence-electron chi connectivity index (χ1n) is 11.2. The molecule has 4 rings (SSSR count). The third-order valence-electron chi connectivity index (χ3n) is 5.76. The number of hydrogen-bond acceptors (Lipinski definition) is 9. The number of nitrogens with one attached hydrogen (secondary N) is 1. The van der Waals surface area contributed by atoms with Crippen molar-refractivity contribution in [2.45, 2.75) is 32.6 Å². The van der Waals surface area contributed by atoms with Crippen LogP contribution in [-0.2, 0) is 11.2 Å². The summed E-state index contributed by atoms with van der Waals surface area (Å²) in [5.74, 6) is 1.50. The van der Waals surface area contributed by atoms with Crippen molar-refractivity contribution >= 4 is 39.9 Å². The molecule has 10 heteroatoms. The molecule has 0 aliphatic carbocycles. The number of benzene rings is 1. The summed E-state index contributed by atoms with van der Waals surface area (Å²) in [7, 11) is 1.62. The number of nitrogens with two attached hydrogens (primary N) is 1. The van der Waals surface area contributed by atoms with Crippen LogP contribution in [0.25, 0.3) is 0 Å². The Morgan fingerprint density at radius 2 is 2.18 bits per heavy atom. The molecular formula is C24H28N6O3S. The summed E-state index contributed by atoms with van der Waals surface area (Å²) >= 11 is 1.28. The third-order valence-corrected chi connectivity index (χ3v) is 6.55. The Balaban J connectivity index is 1.44. The molecule has 3 heterocycles. The Kier molecular flexibility index (Phi) is 7.36. The minimum atomic E-state index is -0.651. The fourth-order valence-corrected chi connectivity index (χ4v) is 4.84. The molecule has 3 N–H and O–H groups in total. The summed E-state index contributed by atoms with van der Waals surface area (Å²) in [5, 5.41) is 3.88. The van der Waals surface area contributed by atoms with Crippen molar-refractivity contribution in [2.75, 3.05) is 30.4 Å². The lowest BCUT2D eigenvalue weighted by atomic mass is 9.91. The molecule has 1 amide bonds. The zero-order chi connectivity index (χ0) is 24.1. The molecule has 1 aliphatic rings. The van der Waals surface area contributed by atoms with Gasteiger partial charge in [-0.1, -0.05) is 12.1 Å². The summed E-state index contributed by atoms with van der Waals surface area (Å²) in [6.45, 7) is 3.40. The highest BCUT2D eigenvalue weighted by molar-refractivity contribution is 7.10. The number of anilines is 3. The van der Waals surface area contributed by atoms with E-state index in [2.05, 4.69) is 24.6 Å². The van der Waals surface area contributed by atoms with Gasteiger partial charge in [-0.15, -0.1) is 0 Å². The normalized spacial score (nSPS) is 15.7. The van der Waals surface area contributed by atoms with Crippen molar-refractivity contribution in [3.8, 4) is 5.75 Å². The van der Waals surface area contributed by atoms with Crippen molar-refractivity contribution < 1.29 is 14.3 Å². The van der Waals surface area contributed by atoms with E-state index in [9.17, 15) is 9.59 Å². The first kappa shape index (κ1) is 23.6. The second kappa shape index (κ2) is 10.6. The van der Waals surface area contributed by atoms with Gasteiger partial charge in [-0.25, -0.2) is 9.97 Å². The van der Waals surface area contributed by atoms with E-state index in [0.717, 1.165) is 41.4 Å². The lowest BCUT2D eigenvalue weighted by Crippen LogP contribution is -2.37. The van der Waals surface area contributed by atoms with Crippen LogP contribution in [-0.4, -0.2) is 46.2 Å². The number of hydrogen-bond donors (Lipinski definition) is 2. The zero-order valence-electron chi connectivity index (χ0n) is 19.3. The Morgan fingerprint density at radius 3 is 2.91 bits per heavy atom. The first-order valence-corrected chi connectivity index (χ1v) is 12.0. The smallest absolute Gasteiger partial charge is 0.271 e. The summed E-state index contributed by atoms with van der Waals surface area (Å²) in [4.78, 5) is 35.7. The van der Waals surface area contributed by atoms with E-state index >= 15 is 0 Å². The molecule has 1 fully saturated rings. The molecule has 0 spiro atoms. The molecule has 3 aromatic rings. The number of aromatic nitrogens is 3. The number of nitrogens with zero attached hydrogens (tertiary/aromatic N) is 4. The van der Waals surface area contributed by atoms with Gasteiger partial charge in [0.05, 0.1) is 19.0 Å². The average Bonchev–Trinajstić information content (AvgIpc) is 3.23. The van der Waals surface area contributed by atoms with E-state index < -0.39 is 5.91 Å². The van der Waals surface area contributed by atoms with Gasteiger partial charge in [0.2, 0.25) is 0 Å². The summed E-state index contributed by atoms with van der Waals surface area (Å²) in [5.41, 5.74) is 7.42. The maximum atomic E-state index is 12.7. The summed E-state index contributed by atoms with van der Waals surface area (Å²) in [6.07, 6.45) is 4.41. The van der Waals surface area contributed by atoms with Gasteiger partial charge in [-0.3, -0.25) is 9.59 Å². The van der Waals surface area contributed by atoms with Crippen LogP contribution < -0.4 is 20.7 Å². The van der Waals surface area contributed by atoms with E-state index in [0.29, 0.717) is 31.0 Å². The van der Waals surface area contributed by atoms with E-state index in [-0.39, 0.29) is 17.4 Å². The number of primary amides is 1. The monoisotopic (exact) mass is 480 g/mol. The molecule has 178 valence electrons. The van der Waals surface area contributed by atoms with Crippen LogP contribution in [0, 0.1) is 12.8 Å². The number of rotatable bonds is 9. The van der Waals surface area contributed by atoms with Crippen LogP contribution in [0.3, 0.4) is 0 Å². The second-order valence-corrected chi connectivity index (χ2v) is 9.28. The van der Waals surface area contributed by atoms with Gasteiger partial charge >= 0.3 is 0 Å². The average molecular weight is 481 g/mol. The Hall–Kier alpha value is -3.53. The van der Waals surface area contributed by atoms with Crippen molar-refractivity contribution in [1.29, 1.82) is 0 Å². The van der Waals surface area contributed by atoms with Crippen LogP contribution in [0.2, 0.25) is 0 Å². The van der Waals surface area contributed by atoms with Crippen LogP contribution in [0.1, 0.15) is 41.0 Å². The van der Waals surface area contributed by atoms with Crippen molar-refractivity contribution in [2.24, 2.45) is 11.7 Å². The van der Waals surface area contributed by atoms with E-state index in [1.165, 1.54) is 11.5 Å². The Labute approximate surface area is 202 Å². The largest absolute Gasteiger partial charge is 0.497 e. The van der Waals surface area contributed by atoms with E-state index in [4.69, 9.17) is 10.5 Å². The van der Waals surface area contributed by atoms with Gasteiger partial charge in [0, 0.05) is 25.9 Å². The molecule has 1 atom stereocenters. The highest BCUT2D eigenvalue weighted by atomic mass is 32.1. The highest BCUT2D eigenvalue weighted by Crippen LogP contribution is 2.28. The minimum Gasteiger partial charge on any atom is -0.497 e. The lowest BCUT2D eigenvalue weighted by molar-refractivity contribution is -0.119. The standard InChI is InChI=1S/C24H28N6O3S/c1-15-9-21(34-29-15)28-24-22(23(25)32)26-13-20(27-24)30-8-4-6-17(14-30)11-18(31)10-16-5-3-7-19(12-16)33-2/h3,5,7,9,12-13,17H,4,6,8,10-11,14H2,1-2H3,(H2,25,32)(H,27,28)/t17-/m0/s1. The number of ether oxygens (including phenoxy) is 1. The molecule has 1 saturated heterocycles. The van der Waals surface area contributed by atoms with Crippen molar-refractivity contribution in [3.63, 3.8) is 0 Å². The van der Waals surface area contributed by atoms with Gasteiger partial charge in [0.1, 0.15) is 22.4 Å². The molecule has 1 aliphatic heterocycles. The molecule has 2 aromatic heterocycles. The van der Waals surface area contributed by atoms with Gasteiger partial charge in [-0.05, 0) is 61.0 Å². The SMILES string of the molecule is COc1cccc(CC(=O)C[C@@H]2CCCN(c3cnc(C(N)=O)c(Nc4cc(C)ns4)n3)C2)c1. The molecular weight excluding hydrogens is 452 g/mol. The fourth-order valence-electron chi connectivity index (χ4n) is 4.18. The summed E-state index contributed by atoms with van der Waals surface area (Å²) in [6, 6.07) is 9.49. The van der Waals surface area contributed by atoms with Crippen LogP contribution >= 0.6 is 11.5 Å². The number of Topliss-reactive ketones (excluding diaryl/α,β-unsaturated/α-hetero) is 1. The van der Waals surface area contributed by atoms with Crippen LogP contribution in [0.15, 0.2) is 36.5 Å². The van der Waals surface area contributed by atoms with Gasteiger partial charge < -0.3 is 20.7 Å². The Morgan fingerprint density at radius 1 is 1.32 bits per heavy atom. The van der Waals surface area contributed by atoms with E-state index in [1.54, 1.807) is 13.3 Å². The van der Waals surface area contributed by atoms with E-state index in [1.807, 2.05) is 37.3 Å². The zero-order valence-corrected chi connectivity index (χ0v) is 20.1. The van der Waals surface area contributed by atoms with Crippen molar-refractivity contribution in [3.05, 3.63) is 53.5 Å². The van der Waals surface area contributed by atoms with Gasteiger partial charge in [-0.2, -0.15) is 4.37 Å². The van der Waals surface area contributed by atoms with Crippen molar-refractivity contribution in [1.82, 2.24) is 14.3 Å². The van der Waals surface area contributed by atoms with Crippen LogP contribution in [0.4, 0.5) is 16.6 Å². The topological polar surface area (TPSA) is 123 Å². The lowest BCUT2D eigenvalue weighted by Gasteiger charge is -2.33. The molecule has 0 bridgehead atoms. The number of carbonyl (C=O) groups excluding carboxylic acids is 2. The quantitative estimate of drug-likeness (QED) is 0.477. The number of methoxy groups -OCH3 is 1. The van der Waals surface area contributed by atoms with Gasteiger partial charge in [0.15, 0.2) is 11.5 Å². The number of ketones is 1. The molecule has 0 unspecified atom stereocenters. The van der Waals surface area contributed by atoms with Gasteiger partial charge in [0.25, 0.3) is 5.91 Å². The minimum absolute atomic E-state index is 0.0804. The molecule has 0 radical (unpaired) electrons. The molecule has 34 heavy (non-hydrogen) atoms. The number of carbonyl (C=O) groups is 2. The second-order valence-electron chi connectivity index (χ2n) is 8.47.